The maximum atomic E-state index is 12.1. The lowest BCUT2D eigenvalue weighted by Gasteiger charge is -2.12. The van der Waals surface area contributed by atoms with Crippen LogP contribution < -0.4 is 0 Å². The Morgan fingerprint density at radius 2 is 0.682 bits per heavy atom. The van der Waals surface area contributed by atoms with Crippen molar-refractivity contribution >= 4 is 11.9 Å². The monoisotopic (exact) mass is 625 g/mol. The van der Waals surface area contributed by atoms with E-state index < -0.39 is 6.10 Å². The van der Waals surface area contributed by atoms with E-state index in [0.717, 1.165) is 25.7 Å². The average molecular weight is 625 g/mol. The fourth-order valence-electron chi connectivity index (χ4n) is 5.84. The lowest BCUT2D eigenvalue weighted by Crippen LogP contribution is -2.21. The Labute approximate surface area is 274 Å². The Hall–Kier alpha value is -1.10. The molecule has 0 aromatic rings. The SMILES string of the molecule is CCCCCCCCCCCCCCCCCC(=O)OOCC(C)OC(=O)CCCCCCCCCCCCCCCCC. The fourth-order valence-corrected chi connectivity index (χ4v) is 5.84. The second-order valence-corrected chi connectivity index (χ2v) is 13.4. The number of unbranched alkanes of at least 4 members (excludes halogenated alkanes) is 28. The zero-order chi connectivity index (χ0) is 32.2. The summed E-state index contributed by atoms with van der Waals surface area (Å²) in [7, 11) is 0. The molecule has 0 bridgehead atoms. The summed E-state index contributed by atoms with van der Waals surface area (Å²) in [5.41, 5.74) is 0. The van der Waals surface area contributed by atoms with Crippen molar-refractivity contribution in [2.24, 2.45) is 0 Å². The van der Waals surface area contributed by atoms with Gasteiger partial charge in [0.1, 0.15) is 12.7 Å². The Morgan fingerprint density at radius 1 is 0.409 bits per heavy atom. The van der Waals surface area contributed by atoms with Gasteiger partial charge in [-0.15, -0.1) is 0 Å². The minimum absolute atomic E-state index is 0.0786. The molecule has 44 heavy (non-hydrogen) atoms. The molecule has 1 atom stereocenters. The first-order valence-electron chi connectivity index (χ1n) is 19.6. The van der Waals surface area contributed by atoms with E-state index in [0.29, 0.717) is 12.8 Å². The molecule has 0 aliphatic carbocycles. The molecule has 0 aliphatic heterocycles. The number of ether oxygens (including phenoxy) is 1. The van der Waals surface area contributed by atoms with Crippen molar-refractivity contribution in [2.75, 3.05) is 6.61 Å². The van der Waals surface area contributed by atoms with Crippen molar-refractivity contribution in [3.63, 3.8) is 0 Å². The highest BCUT2D eigenvalue weighted by molar-refractivity contribution is 5.69. The normalized spacial score (nSPS) is 12.0. The molecule has 0 aliphatic rings. The molecule has 0 aromatic carbocycles. The minimum atomic E-state index is -0.419. The average Bonchev–Trinajstić information content (AvgIpc) is 3.01. The number of hydrogen-bond acceptors (Lipinski definition) is 5. The van der Waals surface area contributed by atoms with Gasteiger partial charge in [0.15, 0.2) is 0 Å². The highest BCUT2D eigenvalue weighted by atomic mass is 17.2. The lowest BCUT2D eigenvalue weighted by molar-refractivity contribution is -0.281. The van der Waals surface area contributed by atoms with E-state index in [-0.39, 0.29) is 18.5 Å². The first kappa shape index (κ1) is 42.9. The summed E-state index contributed by atoms with van der Waals surface area (Å²) in [6.07, 6.45) is 39.5. The molecule has 0 heterocycles. The van der Waals surface area contributed by atoms with Crippen molar-refractivity contribution in [3.05, 3.63) is 0 Å². The van der Waals surface area contributed by atoms with Crippen molar-refractivity contribution in [3.8, 4) is 0 Å². The zero-order valence-electron chi connectivity index (χ0n) is 30.0. The van der Waals surface area contributed by atoms with Crippen molar-refractivity contribution in [2.45, 2.75) is 232 Å². The molecule has 0 rings (SSSR count). The predicted octanol–water partition coefficient (Wildman–Crippen LogP) is 12.9. The third-order valence-electron chi connectivity index (χ3n) is 8.76. The van der Waals surface area contributed by atoms with Crippen LogP contribution in [0.5, 0.6) is 0 Å². The van der Waals surface area contributed by atoms with E-state index in [9.17, 15) is 9.59 Å². The second-order valence-electron chi connectivity index (χ2n) is 13.4. The van der Waals surface area contributed by atoms with Gasteiger partial charge in [0.25, 0.3) is 0 Å². The summed E-state index contributed by atoms with van der Waals surface area (Å²) in [6, 6.07) is 0. The van der Waals surface area contributed by atoms with Gasteiger partial charge in [0.2, 0.25) is 0 Å². The number of hydrogen-bond donors (Lipinski definition) is 0. The highest BCUT2D eigenvalue weighted by Gasteiger charge is 2.12. The zero-order valence-corrected chi connectivity index (χ0v) is 30.0. The molecule has 5 heteroatoms. The Bertz CT molecular complexity index is 593. The second kappa shape index (κ2) is 36.4. The van der Waals surface area contributed by atoms with Crippen molar-refractivity contribution < 1.29 is 24.1 Å². The smallest absolute Gasteiger partial charge is 0.342 e. The Morgan fingerprint density at radius 3 is 1.00 bits per heavy atom. The number of esters is 1. The maximum Gasteiger partial charge on any atom is 0.342 e. The Balaban J connectivity index is 3.37. The lowest BCUT2D eigenvalue weighted by atomic mass is 10.0. The minimum Gasteiger partial charge on any atom is -0.460 e. The first-order valence-corrected chi connectivity index (χ1v) is 19.6. The van der Waals surface area contributed by atoms with Gasteiger partial charge in [-0.1, -0.05) is 194 Å². The molecule has 1 unspecified atom stereocenters. The van der Waals surface area contributed by atoms with Gasteiger partial charge in [-0.25, -0.2) is 4.79 Å². The summed E-state index contributed by atoms with van der Waals surface area (Å²) < 4.78 is 5.39. The van der Waals surface area contributed by atoms with Crippen LogP contribution in [0.2, 0.25) is 0 Å². The molecule has 5 nitrogen and oxygen atoms in total. The van der Waals surface area contributed by atoms with E-state index in [1.54, 1.807) is 6.92 Å². The first-order chi connectivity index (χ1) is 21.6. The van der Waals surface area contributed by atoms with E-state index in [4.69, 9.17) is 14.5 Å². The maximum absolute atomic E-state index is 12.1. The molecule has 262 valence electrons. The van der Waals surface area contributed by atoms with Crippen LogP contribution >= 0.6 is 0 Å². The van der Waals surface area contributed by atoms with Crippen LogP contribution in [0.3, 0.4) is 0 Å². The van der Waals surface area contributed by atoms with Gasteiger partial charge in [0, 0.05) is 12.8 Å². The topological polar surface area (TPSA) is 61.8 Å². The Kier molecular flexibility index (Phi) is 35.5. The van der Waals surface area contributed by atoms with Crippen molar-refractivity contribution in [1.82, 2.24) is 0 Å². The molecular formula is C39H76O5. The quantitative estimate of drug-likeness (QED) is 0.0300. The van der Waals surface area contributed by atoms with Gasteiger partial charge in [-0.2, -0.15) is 4.89 Å². The van der Waals surface area contributed by atoms with E-state index in [1.165, 1.54) is 167 Å². The molecule has 0 N–H and O–H groups in total. The molecule has 0 spiro atoms. The number of rotatable bonds is 36. The van der Waals surface area contributed by atoms with Crippen LogP contribution in [0, 0.1) is 0 Å². The van der Waals surface area contributed by atoms with Crippen molar-refractivity contribution in [1.29, 1.82) is 0 Å². The summed E-state index contributed by atoms with van der Waals surface area (Å²) in [4.78, 5) is 33.9. The van der Waals surface area contributed by atoms with Gasteiger partial charge in [0.05, 0.1) is 0 Å². The highest BCUT2D eigenvalue weighted by Crippen LogP contribution is 2.15. The third kappa shape index (κ3) is 35.4. The summed E-state index contributed by atoms with van der Waals surface area (Å²) in [5, 5.41) is 0. The fraction of sp³-hybridized carbons (Fsp3) is 0.949. The number of carbonyl (C=O) groups is 2. The number of carbonyl (C=O) groups excluding carboxylic acids is 2. The van der Waals surface area contributed by atoms with E-state index >= 15 is 0 Å². The van der Waals surface area contributed by atoms with E-state index in [2.05, 4.69) is 13.8 Å². The summed E-state index contributed by atoms with van der Waals surface area (Å²) in [5.74, 6) is -0.532. The van der Waals surface area contributed by atoms with Crippen LogP contribution in [0.1, 0.15) is 226 Å². The summed E-state index contributed by atoms with van der Waals surface area (Å²) >= 11 is 0. The van der Waals surface area contributed by atoms with E-state index in [1.807, 2.05) is 0 Å². The molecule has 0 saturated carbocycles. The third-order valence-corrected chi connectivity index (χ3v) is 8.76. The predicted molar refractivity (Wildman–Crippen MR) is 187 cm³/mol. The molecule has 0 amide bonds. The summed E-state index contributed by atoms with van der Waals surface area (Å²) in [6.45, 7) is 6.40. The molecule has 0 fully saturated rings. The largest absolute Gasteiger partial charge is 0.460 e. The molecule has 0 aromatic heterocycles. The molecule has 0 radical (unpaired) electrons. The van der Waals surface area contributed by atoms with Crippen LogP contribution in [0.25, 0.3) is 0 Å². The van der Waals surface area contributed by atoms with Crippen LogP contribution in [-0.2, 0) is 24.1 Å². The van der Waals surface area contributed by atoms with Gasteiger partial charge < -0.3 is 4.74 Å². The van der Waals surface area contributed by atoms with Gasteiger partial charge >= 0.3 is 11.9 Å². The van der Waals surface area contributed by atoms with Gasteiger partial charge in [-0.05, 0) is 19.8 Å². The molecular weight excluding hydrogens is 548 g/mol. The van der Waals surface area contributed by atoms with Crippen LogP contribution in [-0.4, -0.2) is 24.6 Å². The standard InChI is InChI=1S/C39H76O5/c1-4-6-8-10-12-14-16-18-20-22-24-26-28-30-32-34-38(40)43-37(3)36-42-44-39(41)35-33-31-29-27-25-23-21-19-17-15-13-11-9-7-5-2/h37H,4-36H2,1-3H3. The van der Waals surface area contributed by atoms with Gasteiger partial charge in [-0.3, -0.25) is 9.68 Å². The van der Waals surface area contributed by atoms with Crippen LogP contribution in [0.15, 0.2) is 0 Å². The molecule has 0 saturated heterocycles. The van der Waals surface area contributed by atoms with Crippen LogP contribution in [0.4, 0.5) is 0 Å².